The van der Waals surface area contributed by atoms with Gasteiger partial charge in [-0.15, -0.1) is 0 Å². The molecule has 0 radical (unpaired) electrons. The maximum Gasteiger partial charge on any atom is 0.119 e. The van der Waals surface area contributed by atoms with Crippen molar-refractivity contribution in [3.63, 3.8) is 0 Å². The summed E-state index contributed by atoms with van der Waals surface area (Å²) in [6, 6.07) is 6.30. The molecule has 1 aliphatic carbocycles. The lowest BCUT2D eigenvalue weighted by atomic mass is 10.1. The van der Waals surface area contributed by atoms with Gasteiger partial charge in [-0.2, -0.15) is 0 Å². The van der Waals surface area contributed by atoms with Crippen LogP contribution in [-0.2, 0) is 12.8 Å². The predicted octanol–water partition coefficient (Wildman–Crippen LogP) is 2.72. The van der Waals surface area contributed by atoms with E-state index in [0.29, 0.717) is 6.61 Å². The summed E-state index contributed by atoms with van der Waals surface area (Å²) in [6.45, 7) is 2.48. The van der Waals surface area contributed by atoms with Crippen LogP contribution in [0, 0.1) is 0 Å². The van der Waals surface area contributed by atoms with Crippen LogP contribution in [0.4, 0.5) is 0 Å². The second-order valence-electron chi connectivity index (χ2n) is 4.54. The molecular formula is C14H20O2. The second-order valence-corrected chi connectivity index (χ2v) is 4.54. The van der Waals surface area contributed by atoms with E-state index >= 15 is 0 Å². The lowest BCUT2D eigenvalue weighted by molar-refractivity contribution is 0.0993. The molecule has 0 saturated heterocycles. The molecule has 0 saturated carbocycles. The number of benzene rings is 1. The highest BCUT2D eigenvalue weighted by Gasteiger charge is 2.11. The standard InChI is InChI=1S/C14H20O2/c1-2-4-13(15)10-16-14-8-7-11-5-3-6-12(11)9-14/h7-9,13,15H,2-6,10H2,1H3. The largest absolute Gasteiger partial charge is 0.491 e. The minimum absolute atomic E-state index is 0.335. The Balaban J connectivity index is 1.90. The Kier molecular flexibility index (Phi) is 3.83. The van der Waals surface area contributed by atoms with Crippen LogP contribution < -0.4 is 4.74 Å². The minimum Gasteiger partial charge on any atom is -0.491 e. The van der Waals surface area contributed by atoms with E-state index in [1.807, 2.05) is 6.07 Å². The average molecular weight is 220 g/mol. The van der Waals surface area contributed by atoms with E-state index in [-0.39, 0.29) is 6.10 Å². The van der Waals surface area contributed by atoms with Crippen molar-refractivity contribution in [2.75, 3.05) is 6.61 Å². The van der Waals surface area contributed by atoms with Gasteiger partial charge < -0.3 is 9.84 Å². The van der Waals surface area contributed by atoms with Crippen molar-refractivity contribution in [2.45, 2.75) is 45.1 Å². The summed E-state index contributed by atoms with van der Waals surface area (Å²) in [7, 11) is 0. The van der Waals surface area contributed by atoms with Crippen LogP contribution in [0.15, 0.2) is 18.2 Å². The van der Waals surface area contributed by atoms with E-state index in [9.17, 15) is 5.11 Å². The third-order valence-electron chi connectivity index (χ3n) is 3.13. The summed E-state index contributed by atoms with van der Waals surface area (Å²) in [5, 5.41) is 9.58. The molecule has 0 heterocycles. The molecule has 0 aliphatic heterocycles. The van der Waals surface area contributed by atoms with Crippen LogP contribution in [0.1, 0.15) is 37.3 Å². The maximum absolute atomic E-state index is 9.58. The zero-order valence-corrected chi connectivity index (χ0v) is 9.91. The zero-order chi connectivity index (χ0) is 11.4. The Labute approximate surface area is 97.3 Å². The van der Waals surface area contributed by atoms with Gasteiger partial charge in [-0.25, -0.2) is 0 Å². The first-order valence-electron chi connectivity index (χ1n) is 6.22. The number of ether oxygens (including phenoxy) is 1. The lowest BCUT2D eigenvalue weighted by Gasteiger charge is -2.12. The number of aliphatic hydroxyl groups is 1. The number of hydrogen-bond donors (Lipinski definition) is 1. The summed E-state index contributed by atoms with van der Waals surface area (Å²) >= 11 is 0. The van der Waals surface area contributed by atoms with Crippen LogP contribution in [0.25, 0.3) is 0 Å². The van der Waals surface area contributed by atoms with Crippen LogP contribution in [0.2, 0.25) is 0 Å². The van der Waals surface area contributed by atoms with Crippen LogP contribution in [0.3, 0.4) is 0 Å². The topological polar surface area (TPSA) is 29.5 Å². The molecule has 88 valence electrons. The SMILES string of the molecule is CCCC(O)COc1ccc2c(c1)CCC2. The maximum atomic E-state index is 9.58. The fourth-order valence-corrected chi connectivity index (χ4v) is 2.25. The summed E-state index contributed by atoms with van der Waals surface area (Å²) in [6.07, 6.45) is 5.10. The van der Waals surface area contributed by atoms with Gasteiger partial charge in [0, 0.05) is 0 Å². The highest BCUT2D eigenvalue weighted by atomic mass is 16.5. The van der Waals surface area contributed by atoms with Gasteiger partial charge in [0.25, 0.3) is 0 Å². The van der Waals surface area contributed by atoms with Gasteiger partial charge in [0.2, 0.25) is 0 Å². The van der Waals surface area contributed by atoms with Gasteiger partial charge in [-0.1, -0.05) is 19.4 Å². The third kappa shape index (κ3) is 2.76. The molecule has 1 unspecified atom stereocenters. The monoisotopic (exact) mass is 220 g/mol. The van der Waals surface area contributed by atoms with E-state index in [1.54, 1.807) is 0 Å². The van der Waals surface area contributed by atoms with Gasteiger partial charge in [-0.3, -0.25) is 0 Å². The Morgan fingerprint density at radius 3 is 2.94 bits per heavy atom. The minimum atomic E-state index is -0.335. The highest BCUT2D eigenvalue weighted by Crippen LogP contribution is 2.26. The second kappa shape index (κ2) is 5.35. The first-order valence-corrected chi connectivity index (χ1v) is 6.22. The van der Waals surface area contributed by atoms with Crippen molar-refractivity contribution in [1.82, 2.24) is 0 Å². The van der Waals surface area contributed by atoms with Crippen LogP contribution in [0.5, 0.6) is 5.75 Å². The molecule has 0 aromatic heterocycles. The fourth-order valence-electron chi connectivity index (χ4n) is 2.25. The smallest absolute Gasteiger partial charge is 0.119 e. The molecular weight excluding hydrogens is 200 g/mol. The van der Waals surface area contributed by atoms with Crippen LogP contribution >= 0.6 is 0 Å². The molecule has 1 aromatic rings. The van der Waals surface area contributed by atoms with Gasteiger partial charge in [0.15, 0.2) is 0 Å². The zero-order valence-electron chi connectivity index (χ0n) is 9.91. The summed E-state index contributed by atoms with van der Waals surface area (Å²) in [5.74, 6) is 0.899. The fraction of sp³-hybridized carbons (Fsp3) is 0.571. The van der Waals surface area contributed by atoms with Crippen molar-refractivity contribution < 1.29 is 9.84 Å². The molecule has 1 aromatic carbocycles. The van der Waals surface area contributed by atoms with Gasteiger partial charge in [-0.05, 0) is 48.9 Å². The third-order valence-corrected chi connectivity index (χ3v) is 3.13. The van der Waals surface area contributed by atoms with Crippen molar-refractivity contribution in [2.24, 2.45) is 0 Å². The molecule has 2 nitrogen and oxygen atoms in total. The van der Waals surface area contributed by atoms with Crippen LogP contribution in [-0.4, -0.2) is 17.8 Å². The molecule has 2 heteroatoms. The first-order chi connectivity index (χ1) is 7.79. The Morgan fingerprint density at radius 1 is 1.31 bits per heavy atom. The van der Waals surface area contributed by atoms with E-state index in [0.717, 1.165) is 18.6 Å². The molecule has 0 fully saturated rings. The molecule has 0 amide bonds. The highest BCUT2D eigenvalue weighted by molar-refractivity contribution is 5.38. The average Bonchev–Trinajstić information content (AvgIpc) is 2.74. The molecule has 1 aliphatic rings. The first kappa shape index (κ1) is 11.5. The number of fused-ring (bicyclic) bond motifs is 1. The molecule has 1 atom stereocenters. The molecule has 16 heavy (non-hydrogen) atoms. The van der Waals surface area contributed by atoms with E-state index in [4.69, 9.17) is 4.74 Å². The molecule has 2 rings (SSSR count). The predicted molar refractivity (Wildman–Crippen MR) is 64.9 cm³/mol. The number of aryl methyl sites for hydroxylation is 2. The normalized spacial score (nSPS) is 15.9. The lowest BCUT2D eigenvalue weighted by Crippen LogP contribution is -2.16. The summed E-state index contributed by atoms with van der Waals surface area (Å²) in [4.78, 5) is 0. The molecule has 1 N–H and O–H groups in total. The van der Waals surface area contributed by atoms with E-state index in [1.165, 1.54) is 30.4 Å². The van der Waals surface area contributed by atoms with E-state index in [2.05, 4.69) is 19.1 Å². The quantitative estimate of drug-likeness (QED) is 0.826. The summed E-state index contributed by atoms with van der Waals surface area (Å²) in [5.41, 5.74) is 2.88. The van der Waals surface area contributed by atoms with Crippen molar-refractivity contribution >= 4 is 0 Å². The Morgan fingerprint density at radius 2 is 2.12 bits per heavy atom. The van der Waals surface area contributed by atoms with Crippen molar-refractivity contribution in [3.05, 3.63) is 29.3 Å². The Hall–Kier alpha value is -1.02. The van der Waals surface area contributed by atoms with Gasteiger partial charge >= 0.3 is 0 Å². The van der Waals surface area contributed by atoms with Crippen molar-refractivity contribution in [3.8, 4) is 5.75 Å². The van der Waals surface area contributed by atoms with Gasteiger partial charge in [0.1, 0.15) is 12.4 Å². The summed E-state index contributed by atoms with van der Waals surface area (Å²) < 4.78 is 5.60. The van der Waals surface area contributed by atoms with Crippen molar-refractivity contribution in [1.29, 1.82) is 0 Å². The van der Waals surface area contributed by atoms with Gasteiger partial charge in [0.05, 0.1) is 6.10 Å². The van der Waals surface area contributed by atoms with E-state index < -0.39 is 0 Å². The number of rotatable bonds is 5. The molecule has 0 bridgehead atoms. The Bertz CT molecular complexity index is 347. The number of hydrogen-bond acceptors (Lipinski definition) is 2. The molecule has 0 spiro atoms. The number of aliphatic hydroxyl groups excluding tert-OH is 1.